The smallest absolute Gasteiger partial charge is 0.337 e. The summed E-state index contributed by atoms with van der Waals surface area (Å²) in [6.45, 7) is 4.12. The Morgan fingerprint density at radius 2 is 1.29 bits per heavy atom. The van der Waals surface area contributed by atoms with E-state index in [0.717, 1.165) is 29.4 Å². The zero-order valence-electron chi connectivity index (χ0n) is 22.0. The van der Waals surface area contributed by atoms with Crippen molar-refractivity contribution in [3.8, 4) is 0 Å². The van der Waals surface area contributed by atoms with Gasteiger partial charge >= 0.3 is 11.9 Å². The average Bonchev–Trinajstić information content (AvgIpc) is 2.96. The summed E-state index contributed by atoms with van der Waals surface area (Å²) in [6, 6.07) is 22.7. The third kappa shape index (κ3) is 7.31. The molecule has 4 aromatic carbocycles. The lowest BCUT2D eigenvalue weighted by Crippen LogP contribution is -2.06. The minimum absolute atomic E-state index is 0. The van der Waals surface area contributed by atoms with E-state index in [1.54, 1.807) is 18.2 Å². The number of aromatic nitrogens is 2. The molecule has 0 spiro atoms. The summed E-state index contributed by atoms with van der Waals surface area (Å²) in [4.78, 5) is 41.9. The van der Waals surface area contributed by atoms with Gasteiger partial charge in [0.1, 0.15) is 5.52 Å². The van der Waals surface area contributed by atoms with Gasteiger partial charge in [-0.25, -0.2) is 19.6 Å². The van der Waals surface area contributed by atoms with Crippen LogP contribution in [0.4, 0.5) is 5.69 Å². The number of nitro groups is 1. The fourth-order valence-electron chi connectivity index (χ4n) is 4.36. The quantitative estimate of drug-likeness (QED) is 0.115. The molecule has 1 heterocycles. The van der Waals surface area contributed by atoms with Crippen molar-refractivity contribution in [1.29, 1.82) is 0 Å². The molecule has 0 fully saturated rings. The number of carboxylic acids is 2. The topological polar surface area (TPSA) is 144 Å². The van der Waals surface area contributed by atoms with Crippen molar-refractivity contribution in [1.82, 2.24) is 9.97 Å². The molecule has 0 unspecified atom stereocenters. The Morgan fingerprint density at radius 3 is 1.88 bits per heavy atom. The molecule has 0 radical (unpaired) electrons. The number of fused-ring (bicyclic) bond motifs is 2. The van der Waals surface area contributed by atoms with Crippen molar-refractivity contribution < 1.29 is 24.7 Å². The third-order valence-electron chi connectivity index (χ3n) is 6.56. The molecule has 0 aliphatic rings. The van der Waals surface area contributed by atoms with Gasteiger partial charge in [0.25, 0.3) is 5.69 Å². The number of nitrogens with zero attached hydrogens (tertiary/aromatic N) is 3. The van der Waals surface area contributed by atoms with Gasteiger partial charge < -0.3 is 10.2 Å². The molecule has 218 valence electrons. The number of nitro benzene ring substituents is 1. The van der Waals surface area contributed by atoms with Gasteiger partial charge in [0, 0.05) is 18.1 Å². The monoisotopic (exact) mass is 569 g/mol. The Balaban J connectivity index is 0.000000281. The van der Waals surface area contributed by atoms with E-state index in [0.29, 0.717) is 11.0 Å². The Labute approximate surface area is 244 Å². The summed E-state index contributed by atoms with van der Waals surface area (Å²) >= 11 is 0. The maximum Gasteiger partial charge on any atom is 0.337 e. The first-order chi connectivity index (χ1) is 19.2. The molecule has 0 saturated carbocycles. The molecular formula is C33H35N3O6. The largest absolute Gasteiger partial charge is 0.478 e. The van der Waals surface area contributed by atoms with E-state index in [9.17, 15) is 24.8 Å². The van der Waals surface area contributed by atoms with Crippen LogP contribution in [0.3, 0.4) is 0 Å². The van der Waals surface area contributed by atoms with Crippen LogP contribution in [0.5, 0.6) is 0 Å². The number of para-hydroxylation sites is 1. The Kier molecular flexibility index (Phi) is 11.4. The summed E-state index contributed by atoms with van der Waals surface area (Å²) < 4.78 is 0. The highest BCUT2D eigenvalue weighted by Crippen LogP contribution is 2.26. The van der Waals surface area contributed by atoms with Gasteiger partial charge in [-0.2, -0.15) is 0 Å². The second kappa shape index (κ2) is 14.5. The first kappa shape index (κ1) is 33.0. The fraction of sp³-hybridized carbons (Fsp3) is 0.212. The zero-order chi connectivity index (χ0) is 28.8. The number of hydrogen-bond donors (Lipinski definition) is 2. The number of aromatic carboxylic acids is 2. The van der Waals surface area contributed by atoms with Crippen molar-refractivity contribution in [2.24, 2.45) is 0 Å². The Morgan fingerprint density at radius 1 is 0.714 bits per heavy atom. The van der Waals surface area contributed by atoms with Crippen LogP contribution in [0.2, 0.25) is 0 Å². The molecule has 5 aromatic rings. The normalized spacial score (nSPS) is 10.1. The van der Waals surface area contributed by atoms with E-state index in [-0.39, 0.29) is 43.7 Å². The SMILES string of the molecule is C.C.CCc1ccc(Cc2c(C(=O)O)cccc2[N+](=O)[O-])cc1.CCc1ccc2nc3c(C(=O)O)cccc3nc2c1. The molecule has 0 aliphatic heterocycles. The minimum atomic E-state index is -1.15. The third-order valence-corrected chi connectivity index (χ3v) is 6.56. The van der Waals surface area contributed by atoms with Crippen molar-refractivity contribution in [2.45, 2.75) is 48.0 Å². The molecule has 9 nitrogen and oxygen atoms in total. The lowest BCUT2D eigenvalue weighted by molar-refractivity contribution is -0.385. The number of benzene rings is 4. The summed E-state index contributed by atoms with van der Waals surface area (Å²) in [5.74, 6) is -2.14. The van der Waals surface area contributed by atoms with Crippen molar-refractivity contribution in [2.75, 3.05) is 0 Å². The van der Waals surface area contributed by atoms with E-state index in [2.05, 4.69) is 16.9 Å². The molecule has 2 N–H and O–H groups in total. The van der Waals surface area contributed by atoms with Crippen LogP contribution in [0.1, 0.15) is 71.7 Å². The average molecular weight is 570 g/mol. The lowest BCUT2D eigenvalue weighted by Gasteiger charge is -2.08. The van der Waals surface area contributed by atoms with Crippen LogP contribution < -0.4 is 0 Å². The molecule has 5 rings (SSSR count). The molecule has 1 aromatic heterocycles. The molecule has 0 atom stereocenters. The predicted octanol–water partition coefficient (Wildman–Crippen LogP) is 7.76. The number of carbonyl (C=O) groups is 2. The van der Waals surface area contributed by atoms with Gasteiger partial charge in [0.15, 0.2) is 0 Å². The van der Waals surface area contributed by atoms with Gasteiger partial charge in [-0.3, -0.25) is 10.1 Å². The van der Waals surface area contributed by atoms with Crippen LogP contribution in [-0.4, -0.2) is 37.0 Å². The van der Waals surface area contributed by atoms with Crippen molar-refractivity contribution >= 4 is 39.7 Å². The van der Waals surface area contributed by atoms with Crippen molar-refractivity contribution in [3.05, 3.63) is 122 Å². The summed E-state index contributed by atoms with van der Waals surface area (Å²) in [5.41, 5.74) is 6.02. The molecule has 42 heavy (non-hydrogen) atoms. The van der Waals surface area contributed by atoms with Crippen LogP contribution in [0, 0.1) is 10.1 Å². The first-order valence-corrected chi connectivity index (χ1v) is 12.7. The van der Waals surface area contributed by atoms with Crippen LogP contribution in [0.25, 0.3) is 22.1 Å². The first-order valence-electron chi connectivity index (χ1n) is 12.7. The number of carboxylic acid groups (broad SMARTS) is 2. The second-order valence-electron chi connectivity index (χ2n) is 9.09. The van der Waals surface area contributed by atoms with E-state index in [1.165, 1.54) is 29.3 Å². The van der Waals surface area contributed by atoms with Gasteiger partial charge in [-0.1, -0.05) is 71.2 Å². The lowest BCUT2D eigenvalue weighted by atomic mass is 9.97. The van der Waals surface area contributed by atoms with E-state index in [4.69, 9.17) is 5.11 Å². The Hall–Kier alpha value is -5.18. The van der Waals surface area contributed by atoms with E-state index >= 15 is 0 Å². The van der Waals surface area contributed by atoms with Gasteiger partial charge in [-0.05, 0) is 59.9 Å². The number of aryl methyl sites for hydroxylation is 2. The van der Waals surface area contributed by atoms with E-state index in [1.807, 2.05) is 49.4 Å². The van der Waals surface area contributed by atoms with Crippen LogP contribution >= 0.6 is 0 Å². The predicted molar refractivity (Wildman–Crippen MR) is 166 cm³/mol. The minimum Gasteiger partial charge on any atom is -0.478 e. The zero-order valence-corrected chi connectivity index (χ0v) is 22.0. The second-order valence-corrected chi connectivity index (χ2v) is 9.09. The maximum atomic E-state index is 11.3. The highest BCUT2D eigenvalue weighted by molar-refractivity contribution is 6.02. The summed E-state index contributed by atoms with van der Waals surface area (Å²) in [5, 5.41) is 29.5. The van der Waals surface area contributed by atoms with Crippen LogP contribution in [0.15, 0.2) is 78.9 Å². The summed E-state index contributed by atoms with van der Waals surface area (Å²) in [7, 11) is 0. The fourth-order valence-corrected chi connectivity index (χ4v) is 4.36. The Bertz CT molecular complexity index is 1700. The van der Waals surface area contributed by atoms with Gasteiger partial charge in [0.05, 0.1) is 32.6 Å². The maximum absolute atomic E-state index is 11.3. The van der Waals surface area contributed by atoms with Crippen LogP contribution in [-0.2, 0) is 19.3 Å². The van der Waals surface area contributed by atoms with Gasteiger partial charge in [0.2, 0.25) is 0 Å². The highest BCUT2D eigenvalue weighted by Gasteiger charge is 2.21. The molecule has 0 bridgehead atoms. The molecule has 0 saturated heterocycles. The molecule has 0 aliphatic carbocycles. The summed E-state index contributed by atoms with van der Waals surface area (Å²) in [6.07, 6.45) is 2.07. The van der Waals surface area contributed by atoms with Crippen molar-refractivity contribution in [3.63, 3.8) is 0 Å². The standard InChI is InChI=1S/C16H15NO4.C15H12N2O2.2CH4/c1-2-11-6-8-12(9-7-11)10-14-13(16(18)19)4-3-5-15(14)17(20)21;1-2-9-6-7-11-13(8-9)16-12-5-3-4-10(15(18)19)14(12)17-11;;/h3-9H,2,10H2,1H3,(H,18,19);3-8H,2H2,1H3,(H,18,19);2*1H4. The van der Waals surface area contributed by atoms with Gasteiger partial charge in [-0.15, -0.1) is 0 Å². The molecule has 0 amide bonds. The highest BCUT2D eigenvalue weighted by atomic mass is 16.6. The number of rotatable bonds is 7. The number of hydrogen-bond acceptors (Lipinski definition) is 6. The molecule has 9 heteroatoms. The van der Waals surface area contributed by atoms with E-state index < -0.39 is 16.9 Å². The molecular weight excluding hydrogens is 534 g/mol.